The van der Waals surface area contributed by atoms with Gasteiger partial charge in [0, 0.05) is 12.3 Å². The van der Waals surface area contributed by atoms with Crippen LogP contribution in [-0.4, -0.2) is 22.4 Å². The lowest BCUT2D eigenvalue weighted by atomic mass is 9.91. The van der Waals surface area contributed by atoms with E-state index in [1.54, 1.807) is 6.92 Å². The van der Waals surface area contributed by atoms with Crippen LogP contribution in [0.2, 0.25) is 0 Å². The summed E-state index contributed by atoms with van der Waals surface area (Å²) in [5.41, 5.74) is -0.162. The van der Waals surface area contributed by atoms with Crippen LogP contribution in [0.5, 0.6) is 0 Å². The van der Waals surface area contributed by atoms with E-state index < -0.39 is 11.6 Å². The molecule has 2 rings (SSSR count). The molecule has 4 heteroatoms. The number of hydrogen-bond donors (Lipinski definition) is 1. The maximum absolute atomic E-state index is 10.9. The Labute approximate surface area is 82.9 Å². The lowest BCUT2D eigenvalue weighted by molar-refractivity contribution is -0.160. The van der Waals surface area contributed by atoms with Crippen molar-refractivity contribution in [1.82, 2.24) is 0 Å². The smallest absolute Gasteiger partial charge is 0.351 e. The maximum atomic E-state index is 10.9. The Morgan fingerprint density at radius 1 is 1.57 bits per heavy atom. The molecule has 0 radical (unpaired) electrons. The number of hydrogen-bond acceptors (Lipinski definition) is 3. The van der Waals surface area contributed by atoms with E-state index >= 15 is 0 Å². The van der Waals surface area contributed by atoms with Crippen LogP contribution < -0.4 is 0 Å². The van der Waals surface area contributed by atoms with E-state index in [9.17, 15) is 4.79 Å². The van der Waals surface area contributed by atoms with Crippen molar-refractivity contribution in [2.75, 3.05) is 0 Å². The van der Waals surface area contributed by atoms with Gasteiger partial charge in [0.1, 0.15) is 0 Å². The van der Waals surface area contributed by atoms with Crippen LogP contribution in [0.4, 0.5) is 0 Å². The summed E-state index contributed by atoms with van der Waals surface area (Å²) in [6, 6.07) is 0. The summed E-state index contributed by atoms with van der Waals surface area (Å²) in [4.78, 5) is 15.9. The fourth-order valence-corrected chi connectivity index (χ4v) is 2.16. The van der Waals surface area contributed by atoms with Crippen molar-refractivity contribution in [1.29, 1.82) is 0 Å². The van der Waals surface area contributed by atoms with Crippen molar-refractivity contribution in [3.63, 3.8) is 0 Å². The Bertz CT molecular complexity index is 281. The zero-order valence-corrected chi connectivity index (χ0v) is 8.32. The van der Waals surface area contributed by atoms with E-state index in [1.807, 2.05) is 0 Å². The van der Waals surface area contributed by atoms with Gasteiger partial charge in [0.25, 0.3) is 0 Å². The molecule has 0 saturated heterocycles. The molecule has 0 spiro atoms. The molecule has 0 bridgehead atoms. The van der Waals surface area contributed by atoms with E-state index in [-0.39, 0.29) is 0 Å². The second-order valence-electron chi connectivity index (χ2n) is 4.37. The number of aliphatic carboxylic acids is 1. The molecule has 4 nitrogen and oxygen atoms in total. The van der Waals surface area contributed by atoms with E-state index in [0.717, 1.165) is 18.6 Å². The van der Waals surface area contributed by atoms with Crippen molar-refractivity contribution in [3.8, 4) is 0 Å². The first kappa shape index (κ1) is 9.49. The molecule has 1 unspecified atom stereocenters. The molecule has 1 aliphatic carbocycles. The molecule has 0 aromatic rings. The fraction of sp³-hybridized carbons (Fsp3) is 0.800. The van der Waals surface area contributed by atoms with Gasteiger partial charge in [-0.3, -0.25) is 0 Å². The largest absolute Gasteiger partial charge is 0.478 e. The number of carboxylic acids is 1. The SMILES string of the molecule is CC1(C(=O)O)CC(C2CCCC2)=NO1. The minimum Gasteiger partial charge on any atom is -0.478 e. The van der Waals surface area contributed by atoms with Crippen molar-refractivity contribution in [2.24, 2.45) is 11.1 Å². The van der Waals surface area contributed by atoms with Crippen molar-refractivity contribution in [3.05, 3.63) is 0 Å². The normalized spacial score (nSPS) is 32.8. The van der Waals surface area contributed by atoms with E-state index in [4.69, 9.17) is 9.94 Å². The lowest BCUT2D eigenvalue weighted by Crippen LogP contribution is -2.35. The minimum absolute atomic E-state index is 0.451. The molecular weight excluding hydrogens is 182 g/mol. The van der Waals surface area contributed by atoms with E-state index in [0.29, 0.717) is 12.3 Å². The van der Waals surface area contributed by atoms with Gasteiger partial charge in [0.05, 0.1) is 5.71 Å². The van der Waals surface area contributed by atoms with Crippen molar-refractivity contribution >= 4 is 11.7 Å². The van der Waals surface area contributed by atoms with Crippen molar-refractivity contribution in [2.45, 2.75) is 44.6 Å². The summed E-state index contributed by atoms with van der Waals surface area (Å²) < 4.78 is 0. The summed E-state index contributed by atoms with van der Waals surface area (Å²) >= 11 is 0. The van der Waals surface area contributed by atoms with E-state index in [1.165, 1.54) is 12.8 Å². The molecule has 78 valence electrons. The number of oxime groups is 1. The highest BCUT2D eigenvalue weighted by molar-refractivity contribution is 5.94. The van der Waals surface area contributed by atoms with E-state index in [2.05, 4.69) is 5.16 Å². The van der Waals surface area contributed by atoms with Gasteiger partial charge >= 0.3 is 5.97 Å². The highest BCUT2D eigenvalue weighted by atomic mass is 16.7. The number of nitrogens with zero attached hydrogens (tertiary/aromatic N) is 1. The second kappa shape index (κ2) is 3.26. The standard InChI is InChI=1S/C10H15NO3/c1-10(9(12)13)6-8(11-14-10)7-4-2-3-5-7/h7H,2-6H2,1H3,(H,12,13). The first-order chi connectivity index (χ1) is 6.62. The summed E-state index contributed by atoms with van der Waals surface area (Å²) in [6.07, 6.45) is 5.18. The van der Waals surface area contributed by atoms with Gasteiger partial charge in [-0.15, -0.1) is 0 Å². The zero-order valence-electron chi connectivity index (χ0n) is 8.32. The molecule has 2 aliphatic rings. The van der Waals surface area contributed by atoms with Gasteiger partial charge in [-0.05, 0) is 19.8 Å². The van der Waals surface area contributed by atoms with Gasteiger partial charge in [-0.2, -0.15) is 0 Å². The third-order valence-corrected chi connectivity index (χ3v) is 3.16. The number of carbonyl (C=O) groups is 1. The van der Waals surface area contributed by atoms with Gasteiger partial charge in [-0.25, -0.2) is 4.79 Å². The first-order valence-electron chi connectivity index (χ1n) is 5.10. The highest BCUT2D eigenvalue weighted by Crippen LogP contribution is 2.34. The molecule has 14 heavy (non-hydrogen) atoms. The Hall–Kier alpha value is -1.06. The molecule has 0 amide bonds. The Morgan fingerprint density at radius 3 is 2.71 bits per heavy atom. The fourth-order valence-electron chi connectivity index (χ4n) is 2.16. The average Bonchev–Trinajstić information content (AvgIpc) is 2.72. The molecule has 1 saturated carbocycles. The maximum Gasteiger partial charge on any atom is 0.351 e. The van der Waals surface area contributed by atoms with Crippen LogP contribution in [0, 0.1) is 5.92 Å². The Balaban J connectivity index is 2.02. The van der Waals surface area contributed by atoms with Crippen LogP contribution in [-0.2, 0) is 9.63 Å². The zero-order chi connectivity index (χ0) is 10.2. The predicted molar refractivity (Wildman–Crippen MR) is 51.1 cm³/mol. The summed E-state index contributed by atoms with van der Waals surface area (Å²) in [5, 5.41) is 12.9. The quantitative estimate of drug-likeness (QED) is 0.734. The van der Waals surface area contributed by atoms with Crippen LogP contribution >= 0.6 is 0 Å². The van der Waals surface area contributed by atoms with Gasteiger partial charge < -0.3 is 9.94 Å². The minimum atomic E-state index is -1.11. The molecule has 1 fully saturated rings. The third-order valence-electron chi connectivity index (χ3n) is 3.16. The van der Waals surface area contributed by atoms with Crippen LogP contribution in [0.1, 0.15) is 39.0 Å². The number of carboxylic acid groups (broad SMARTS) is 1. The summed E-state index contributed by atoms with van der Waals surface area (Å²) in [7, 11) is 0. The van der Waals surface area contributed by atoms with Gasteiger partial charge in [-0.1, -0.05) is 18.0 Å². The molecule has 1 heterocycles. The first-order valence-corrected chi connectivity index (χ1v) is 5.10. The third kappa shape index (κ3) is 1.49. The van der Waals surface area contributed by atoms with Crippen LogP contribution in [0.15, 0.2) is 5.16 Å². The average molecular weight is 197 g/mol. The number of rotatable bonds is 2. The van der Waals surface area contributed by atoms with Gasteiger partial charge in [0.15, 0.2) is 0 Å². The predicted octanol–water partition coefficient (Wildman–Crippen LogP) is 1.80. The summed E-state index contributed by atoms with van der Waals surface area (Å²) in [6.45, 7) is 1.58. The Kier molecular flexibility index (Phi) is 2.21. The van der Waals surface area contributed by atoms with Crippen LogP contribution in [0.3, 0.4) is 0 Å². The molecule has 1 N–H and O–H groups in total. The van der Waals surface area contributed by atoms with Crippen LogP contribution in [0.25, 0.3) is 0 Å². The molecule has 1 atom stereocenters. The van der Waals surface area contributed by atoms with Gasteiger partial charge in [0.2, 0.25) is 5.60 Å². The molecule has 1 aliphatic heterocycles. The second-order valence-corrected chi connectivity index (χ2v) is 4.37. The topological polar surface area (TPSA) is 58.9 Å². The highest BCUT2D eigenvalue weighted by Gasteiger charge is 2.44. The summed E-state index contributed by atoms with van der Waals surface area (Å²) in [5.74, 6) is -0.453. The Morgan fingerprint density at radius 2 is 2.21 bits per heavy atom. The van der Waals surface area contributed by atoms with Crippen molar-refractivity contribution < 1.29 is 14.7 Å². The molecule has 0 aromatic carbocycles. The monoisotopic (exact) mass is 197 g/mol. The molecule has 0 aromatic heterocycles. The lowest BCUT2D eigenvalue weighted by Gasteiger charge is -2.15. The molecular formula is C10H15NO3.